The molecule has 29 heavy (non-hydrogen) atoms. The molecule has 0 unspecified atom stereocenters. The molecule has 0 aliphatic heterocycles. The third kappa shape index (κ3) is 4.55. The first kappa shape index (κ1) is 20.4. The zero-order chi connectivity index (χ0) is 21.3. The molecule has 1 heterocycles. The fraction of sp³-hybridized carbons (Fsp3) is 0.167. The van der Waals surface area contributed by atoms with Gasteiger partial charge >= 0.3 is 18.8 Å². The summed E-state index contributed by atoms with van der Waals surface area (Å²) in [4.78, 5) is 10.9. The van der Waals surface area contributed by atoms with E-state index < -0.39 is 41.6 Å². The zero-order valence-electron chi connectivity index (χ0n) is 14.2. The summed E-state index contributed by atoms with van der Waals surface area (Å²) in [7, 11) is 0. The molecule has 0 aliphatic carbocycles. The Morgan fingerprint density at radius 2 is 1.90 bits per heavy atom. The van der Waals surface area contributed by atoms with Crippen molar-refractivity contribution in [3.63, 3.8) is 0 Å². The molecule has 2 N–H and O–H groups in total. The van der Waals surface area contributed by atoms with Gasteiger partial charge in [0.1, 0.15) is 17.1 Å². The topological polar surface area (TPSA) is 71.7 Å². The molecule has 1 aromatic heterocycles. The number of carboxylic acid groups (broad SMARTS) is 1. The summed E-state index contributed by atoms with van der Waals surface area (Å²) in [5, 5.41) is 11.6. The lowest BCUT2D eigenvalue weighted by atomic mass is 10.1. The maximum atomic E-state index is 14.2. The number of fused-ring (bicyclic) bond motifs is 1. The van der Waals surface area contributed by atoms with Gasteiger partial charge in [0.2, 0.25) is 5.76 Å². The largest absolute Gasteiger partial charge is 0.475 e. The van der Waals surface area contributed by atoms with Crippen LogP contribution in [0.4, 0.5) is 32.0 Å². The fourth-order valence-corrected chi connectivity index (χ4v) is 2.60. The molecule has 0 radical (unpaired) electrons. The zero-order valence-corrected chi connectivity index (χ0v) is 14.2. The number of carboxylic acids is 1. The van der Waals surface area contributed by atoms with E-state index in [1.54, 1.807) is 0 Å². The standard InChI is InChI=1S/C18H11F6NO4/c19-12-3-8-4-15(16(26)27)28-14(8)5-9(12)7-25-10-1-2-13(29-17(20)21)11(6-10)18(22,23)24/h1-6,17,25H,7H2,(H,26,27). The van der Waals surface area contributed by atoms with Crippen LogP contribution in [0.3, 0.4) is 0 Å². The summed E-state index contributed by atoms with van der Waals surface area (Å²) in [5.74, 6) is -3.51. The minimum Gasteiger partial charge on any atom is -0.475 e. The van der Waals surface area contributed by atoms with Crippen LogP contribution >= 0.6 is 0 Å². The van der Waals surface area contributed by atoms with E-state index in [0.717, 1.165) is 24.3 Å². The Labute approximate surface area is 158 Å². The van der Waals surface area contributed by atoms with Crippen molar-refractivity contribution in [1.29, 1.82) is 0 Å². The highest BCUT2D eigenvalue weighted by Gasteiger charge is 2.35. The van der Waals surface area contributed by atoms with E-state index >= 15 is 0 Å². The summed E-state index contributed by atoms with van der Waals surface area (Å²) in [6, 6.07) is 5.73. The minimum atomic E-state index is -4.95. The molecular formula is C18H11F6NO4. The van der Waals surface area contributed by atoms with Crippen molar-refractivity contribution >= 4 is 22.6 Å². The molecule has 154 valence electrons. The fourth-order valence-electron chi connectivity index (χ4n) is 2.60. The van der Waals surface area contributed by atoms with Gasteiger partial charge in [-0.1, -0.05) is 0 Å². The molecule has 5 nitrogen and oxygen atoms in total. The van der Waals surface area contributed by atoms with Gasteiger partial charge in [0, 0.05) is 23.2 Å². The summed E-state index contributed by atoms with van der Waals surface area (Å²) in [6.45, 7) is -3.71. The highest BCUT2D eigenvalue weighted by molar-refractivity contribution is 5.91. The Bertz CT molecular complexity index is 1060. The molecule has 0 aliphatic rings. The van der Waals surface area contributed by atoms with Crippen molar-refractivity contribution in [2.45, 2.75) is 19.3 Å². The van der Waals surface area contributed by atoms with Crippen LogP contribution < -0.4 is 10.1 Å². The van der Waals surface area contributed by atoms with Crippen LogP contribution in [0.5, 0.6) is 5.75 Å². The quantitative estimate of drug-likeness (QED) is 0.516. The lowest BCUT2D eigenvalue weighted by molar-refractivity contribution is -0.141. The van der Waals surface area contributed by atoms with Crippen LogP contribution in [0.1, 0.15) is 21.7 Å². The van der Waals surface area contributed by atoms with Crippen molar-refractivity contribution < 1.29 is 45.4 Å². The molecule has 11 heteroatoms. The predicted octanol–water partition coefficient (Wildman–Crippen LogP) is 5.50. The number of ether oxygens (including phenoxy) is 1. The van der Waals surface area contributed by atoms with Gasteiger partial charge in [-0.2, -0.15) is 22.0 Å². The number of nitrogens with one attached hydrogen (secondary N) is 1. The van der Waals surface area contributed by atoms with E-state index in [4.69, 9.17) is 9.52 Å². The van der Waals surface area contributed by atoms with Crippen molar-refractivity contribution in [3.8, 4) is 5.75 Å². The minimum absolute atomic E-state index is 0.00902. The average molecular weight is 419 g/mol. The number of benzene rings is 2. The van der Waals surface area contributed by atoms with Gasteiger partial charge in [0.15, 0.2) is 0 Å². The number of alkyl halides is 5. The maximum absolute atomic E-state index is 14.2. The number of anilines is 1. The number of furan rings is 1. The molecule has 2 aromatic carbocycles. The Balaban J connectivity index is 1.85. The van der Waals surface area contributed by atoms with E-state index in [0.29, 0.717) is 6.07 Å². The van der Waals surface area contributed by atoms with Gasteiger partial charge < -0.3 is 19.6 Å². The van der Waals surface area contributed by atoms with Gasteiger partial charge in [-0.3, -0.25) is 0 Å². The van der Waals surface area contributed by atoms with Gasteiger partial charge in [-0.05, 0) is 36.4 Å². The molecule has 0 amide bonds. The van der Waals surface area contributed by atoms with Crippen molar-refractivity contribution in [2.75, 3.05) is 5.32 Å². The third-order valence-electron chi connectivity index (χ3n) is 3.88. The normalized spacial score (nSPS) is 11.8. The Morgan fingerprint density at radius 1 is 1.17 bits per heavy atom. The molecule has 3 rings (SSSR count). The maximum Gasteiger partial charge on any atom is 0.420 e. The highest BCUT2D eigenvalue weighted by atomic mass is 19.4. The second-order valence-electron chi connectivity index (χ2n) is 5.84. The molecule has 0 atom stereocenters. The third-order valence-corrected chi connectivity index (χ3v) is 3.88. The number of aromatic carboxylic acids is 1. The van der Waals surface area contributed by atoms with E-state index in [9.17, 15) is 31.1 Å². The number of halogens is 6. The lowest BCUT2D eigenvalue weighted by Gasteiger charge is -2.15. The number of rotatable bonds is 6. The number of hydrogen-bond donors (Lipinski definition) is 2. The van der Waals surface area contributed by atoms with E-state index in [1.807, 2.05) is 0 Å². The monoisotopic (exact) mass is 419 g/mol. The van der Waals surface area contributed by atoms with Gasteiger partial charge in [0.05, 0.1) is 5.56 Å². The molecule has 0 saturated carbocycles. The summed E-state index contributed by atoms with van der Waals surface area (Å²) in [6.07, 6.45) is -4.95. The van der Waals surface area contributed by atoms with Crippen LogP contribution in [-0.4, -0.2) is 17.7 Å². The summed E-state index contributed by atoms with van der Waals surface area (Å²) < 4.78 is 86.9. The van der Waals surface area contributed by atoms with Gasteiger partial charge in [0.25, 0.3) is 0 Å². The Hall–Kier alpha value is -3.37. The van der Waals surface area contributed by atoms with Crippen LogP contribution in [0.25, 0.3) is 11.0 Å². The molecular weight excluding hydrogens is 408 g/mol. The lowest BCUT2D eigenvalue weighted by Crippen LogP contribution is -2.12. The van der Waals surface area contributed by atoms with Gasteiger partial charge in [-0.15, -0.1) is 0 Å². The van der Waals surface area contributed by atoms with Gasteiger partial charge in [-0.25, -0.2) is 9.18 Å². The highest BCUT2D eigenvalue weighted by Crippen LogP contribution is 2.38. The van der Waals surface area contributed by atoms with E-state index in [1.165, 1.54) is 6.07 Å². The first-order chi connectivity index (χ1) is 13.5. The Morgan fingerprint density at radius 3 is 2.52 bits per heavy atom. The predicted molar refractivity (Wildman–Crippen MR) is 88.5 cm³/mol. The molecule has 3 aromatic rings. The van der Waals surface area contributed by atoms with Crippen LogP contribution in [0, 0.1) is 5.82 Å². The number of carbonyl (C=O) groups is 1. The van der Waals surface area contributed by atoms with E-state index in [-0.39, 0.29) is 28.8 Å². The SMILES string of the molecule is O=C(O)c1cc2cc(F)c(CNc3ccc(OC(F)F)c(C(F)(F)F)c3)cc2o1. The first-order valence-corrected chi connectivity index (χ1v) is 7.90. The second kappa shape index (κ2) is 7.57. The average Bonchev–Trinajstić information content (AvgIpc) is 3.02. The van der Waals surface area contributed by atoms with Crippen molar-refractivity contribution in [3.05, 3.63) is 59.1 Å². The molecule has 0 fully saturated rings. The summed E-state index contributed by atoms with van der Waals surface area (Å²) in [5.41, 5.74) is -1.47. The first-order valence-electron chi connectivity index (χ1n) is 7.90. The van der Waals surface area contributed by atoms with E-state index in [2.05, 4.69) is 10.1 Å². The molecule has 0 saturated heterocycles. The second-order valence-corrected chi connectivity index (χ2v) is 5.84. The smallest absolute Gasteiger partial charge is 0.420 e. The summed E-state index contributed by atoms with van der Waals surface area (Å²) >= 11 is 0. The van der Waals surface area contributed by atoms with Crippen LogP contribution in [-0.2, 0) is 12.7 Å². The van der Waals surface area contributed by atoms with Crippen molar-refractivity contribution in [2.24, 2.45) is 0 Å². The molecule has 0 spiro atoms. The number of hydrogen-bond acceptors (Lipinski definition) is 4. The molecule has 0 bridgehead atoms. The Kier molecular flexibility index (Phi) is 5.31. The van der Waals surface area contributed by atoms with Crippen LogP contribution in [0.2, 0.25) is 0 Å². The van der Waals surface area contributed by atoms with Crippen LogP contribution in [0.15, 0.2) is 40.8 Å². The van der Waals surface area contributed by atoms with Crippen molar-refractivity contribution in [1.82, 2.24) is 0 Å².